The Bertz CT molecular complexity index is 1610. The summed E-state index contributed by atoms with van der Waals surface area (Å²) in [4.78, 5) is 32.7. The lowest BCUT2D eigenvalue weighted by molar-refractivity contribution is -0.108. The minimum Gasteiger partial charge on any atom is -0.384 e. The number of carbonyl (C=O) groups excluding carboxylic acids is 2. The SMILES string of the molecule is C=Cc1c(/C(C)=C/C=C\NC=O)c2nc(C=O)c(F)cc2n1Cc1cc(N)nc2ccccc12.COCCN(C)C. The van der Waals surface area contributed by atoms with Gasteiger partial charge in [0.05, 0.1) is 28.9 Å². The molecular formula is C31H35FN6O3. The molecule has 0 radical (unpaired) electrons. The second kappa shape index (κ2) is 14.6. The fourth-order valence-corrected chi connectivity index (χ4v) is 4.34. The predicted octanol–water partition coefficient (Wildman–Crippen LogP) is 4.67. The van der Waals surface area contributed by atoms with Crippen LogP contribution in [0.25, 0.3) is 33.6 Å². The molecule has 0 unspecified atom stereocenters. The number of carbonyl (C=O) groups is 2. The fraction of sp³-hybridized carbons (Fsp3) is 0.226. The fourth-order valence-electron chi connectivity index (χ4n) is 4.34. The number of nitrogens with zero attached hydrogens (tertiary/aromatic N) is 4. The molecule has 4 aromatic rings. The maximum Gasteiger partial charge on any atom is 0.211 e. The Morgan fingerprint density at radius 2 is 1.98 bits per heavy atom. The van der Waals surface area contributed by atoms with Crippen molar-refractivity contribution in [1.29, 1.82) is 0 Å². The number of fused-ring (bicyclic) bond motifs is 2. The number of halogens is 1. The first-order chi connectivity index (χ1) is 19.7. The maximum absolute atomic E-state index is 14.7. The number of nitrogens with one attached hydrogen (secondary N) is 1. The summed E-state index contributed by atoms with van der Waals surface area (Å²) in [5, 5.41) is 3.37. The standard InChI is InChI=1S/C26H22FN5O2.C5H13NO/c1-3-22-25(16(2)7-6-10-29-15-34)26-23(12-19(27)21(14-33)31-26)32(22)13-17-11-24(28)30-20-9-5-4-8-18(17)20;1-6(2)4-5-7-3/h3-12,14-15H,1,13H2,2H3,(H2,28,30)(H,29,34);4-5H2,1-3H3/b10-6-,16-7+;. The summed E-state index contributed by atoms with van der Waals surface area (Å²) >= 11 is 0. The van der Waals surface area contributed by atoms with Crippen molar-refractivity contribution in [1.82, 2.24) is 24.8 Å². The molecule has 214 valence electrons. The first-order valence-corrected chi connectivity index (χ1v) is 12.9. The smallest absolute Gasteiger partial charge is 0.211 e. The third-order valence-electron chi connectivity index (χ3n) is 6.26. The predicted molar refractivity (Wildman–Crippen MR) is 163 cm³/mol. The van der Waals surface area contributed by atoms with E-state index < -0.39 is 5.82 Å². The van der Waals surface area contributed by atoms with Gasteiger partial charge in [-0.2, -0.15) is 0 Å². The van der Waals surface area contributed by atoms with Crippen molar-refractivity contribution in [2.45, 2.75) is 13.5 Å². The summed E-state index contributed by atoms with van der Waals surface area (Å²) in [5.41, 5.74) is 10.6. The van der Waals surface area contributed by atoms with E-state index in [1.807, 2.05) is 49.9 Å². The van der Waals surface area contributed by atoms with E-state index in [1.165, 1.54) is 12.3 Å². The molecule has 41 heavy (non-hydrogen) atoms. The number of methoxy groups -OCH3 is 1. The number of benzene rings is 1. The molecule has 1 amide bonds. The summed E-state index contributed by atoms with van der Waals surface area (Å²) in [5.74, 6) is -0.332. The van der Waals surface area contributed by atoms with Gasteiger partial charge in [0.15, 0.2) is 12.1 Å². The Hall–Kier alpha value is -4.67. The Labute approximate surface area is 238 Å². The van der Waals surface area contributed by atoms with Crippen molar-refractivity contribution in [3.05, 3.63) is 89.7 Å². The minimum absolute atomic E-state index is 0.272. The van der Waals surface area contributed by atoms with Crippen LogP contribution in [0.15, 0.2) is 61.3 Å². The van der Waals surface area contributed by atoms with Gasteiger partial charge in [-0.05, 0) is 56.4 Å². The zero-order chi connectivity index (χ0) is 29.9. The average Bonchev–Trinajstić information content (AvgIpc) is 3.25. The molecule has 0 fully saturated rings. The molecule has 0 atom stereocenters. The molecule has 3 aromatic heterocycles. The largest absolute Gasteiger partial charge is 0.384 e. The van der Waals surface area contributed by atoms with Crippen molar-refractivity contribution in [2.75, 3.05) is 40.1 Å². The van der Waals surface area contributed by atoms with Gasteiger partial charge < -0.3 is 25.3 Å². The number of hydrogen-bond acceptors (Lipinski definition) is 7. The van der Waals surface area contributed by atoms with Crippen molar-refractivity contribution in [3.63, 3.8) is 0 Å². The van der Waals surface area contributed by atoms with E-state index in [2.05, 4.69) is 26.8 Å². The third-order valence-corrected chi connectivity index (χ3v) is 6.26. The molecule has 0 aliphatic rings. The number of nitrogen functional groups attached to an aromatic ring is 1. The molecule has 0 saturated carbocycles. The van der Waals surface area contributed by atoms with Gasteiger partial charge in [-0.15, -0.1) is 0 Å². The van der Waals surface area contributed by atoms with Gasteiger partial charge >= 0.3 is 0 Å². The monoisotopic (exact) mass is 558 g/mol. The summed E-state index contributed by atoms with van der Waals surface area (Å²) < 4.78 is 21.4. The van der Waals surface area contributed by atoms with Crippen LogP contribution < -0.4 is 11.1 Å². The van der Waals surface area contributed by atoms with E-state index in [9.17, 15) is 14.0 Å². The first kappa shape index (κ1) is 30.9. The topological polar surface area (TPSA) is 115 Å². The van der Waals surface area contributed by atoms with E-state index in [0.717, 1.165) is 35.2 Å². The lowest BCUT2D eigenvalue weighted by atomic mass is 10.1. The maximum atomic E-state index is 14.7. The summed E-state index contributed by atoms with van der Waals surface area (Å²) in [6.45, 7) is 8.02. The Morgan fingerprint density at radius 1 is 1.22 bits per heavy atom. The summed E-state index contributed by atoms with van der Waals surface area (Å²) in [6, 6.07) is 10.7. The zero-order valence-corrected chi connectivity index (χ0v) is 23.7. The lowest BCUT2D eigenvalue weighted by Gasteiger charge is -2.13. The number of rotatable bonds is 11. The number of amides is 1. The van der Waals surface area contributed by atoms with Gasteiger partial charge in [0.2, 0.25) is 6.41 Å². The number of ether oxygens (including phenoxy) is 1. The van der Waals surface area contributed by atoms with Crippen LogP contribution in [-0.2, 0) is 16.1 Å². The molecule has 0 aliphatic carbocycles. The van der Waals surface area contributed by atoms with Gasteiger partial charge in [0.1, 0.15) is 11.5 Å². The number of para-hydroxylation sites is 1. The zero-order valence-electron chi connectivity index (χ0n) is 23.7. The van der Waals surface area contributed by atoms with Crippen molar-refractivity contribution >= 4 is 52.1 Å². The molecular weight excluding hydrogens is 523 g/mol. The number of pyridine rings is 2. The van der Waals surface area contributed by atoms with Crippen LogP contribution in [0.4, 0.5) is 10.2 Å². The molecule has 3 N–H and O–H groups in total. The van der Waals surface area contributed by atoms with Crippen molar-refractivity contribution < 1.29 is 18.7 Å². The van der Waals surface area contributed by atoms with Crippen LogP contribution in [0.1, 0.15) is 34.2 Å². The van der Waals surface area contributed by atoms with Gasteiger partial charge in [0, 0.05) is 43.4 Å². The van der Waals surface area contributed by atoms with Crippen LogP contribution in [-0.4, -0.2) is 66.5 Å². The summed E-state index contributed by atoms with van der Waals surface area (Å²) in [7, 11) is 5.77. The van der Waals surface area contributed by atoms with Gasteiger partial charge in [-0.25, -0.2) is 14.4 Å². The summed E-state index contributed by atoms with van der Waals surface area (Å²) in [6.07, 6.45) is 7.57. The second-order valence-electron chi connectivity index (χ2n) is 9.40. The van der Waals surface area contributed by atoms with Crippen LogP contribution in [0.2, 0.25) is 0 Å². The van der Waals surface area contributed by atoms with E-state index in [-0.39, 0.29) is 5.69 Å². The van der Waals surface area contributed by atoms with Crippen LogP contribution in [0.3, 0.4) is 0 Å². The normalized spacial score (nSPS) is 11.6. The molecule has 0 aliphatic heterocycles. The molecule has 1 aromatic carbocycles. The number of hydrogen-bond donors (Lipinski definition) is 2. The molecule has 4 rings (SSSR count). The highest BCUT2D eigenvalue weighted by atomic mass is 19.1. The quantitative estimate of drug-likeness (QED) is 0.203. The minimum atomic E-state index is -0.709. The van der Waals surface area contributed by atoms with E-state index in [4.69, 9.17) is 10.5 Å². The molecule has 10 heteroatoms. The Morgan fingerprint density at radius 3 is 2.61 bits per heavy atom. The van der Waals surface area contributed by atoms with E-state index in [0.29, 0.717) is 47.3 Å². The molecule has 9 nitrogen and oxygen atoms in total. The van der Waals surface area contributed by atoms with Crippen molar-refractivity contribution in [3.8, 4) is 0 Å². The third kappa shape index (κ3) is 7.50. The highest BCUT2D eigenvalue weighted by molar-refractivity contribution is 5.96. The highest BCUT2D eigenvalue weighted by Gasteiger charge is 2.21. The van der Waals surface area contributed by atoms with Crippen LogP contribution >= 0.6 is 0 Å². The molecule has 0 spiro atoms. The Balaban J connectivity index is 0.000000587. The first-order valence-electron chi connectivity index (χ1n) is 12.9. The molecule has 3 heterocycles. The van der Waals surface area contributed by atoms with E-state index in [1.54, 1.807) is 31.4 Å². The second-order valence-corrected chi connectivity index (χ2v) is 9.40. The number of aromatic nitrogens is 3. The van der Waals surface area contributed by atoms with E-state index >= 15 is 0 Å². The number of allylic oxidation sites excluding steroid dienone is 3. The van der Waals surface area contributed by atoms with Gasteiger partial charge in [-0.3, -0.25) is 9.59 Å². The lowest BCUT2D eigenvalue weighted by Crippen LogP contribution is -2.16. The highest BCUT2D eigenvalue weighted by Crippen LogP contribution is 2.34. The molecule has 0 bridgehead atoms. The molecule has 0 saturated heterocycles. The average molecular weight is 559 g/mol. The van der Waals surface area contributed by atoms with Crippen molar-refractivity contribution in [2.24, 2.45) is 0 Å². The van der Waals surface area contributed by atoms with Gasteiger partial charge in [-0.1, -0.05) is 30.9 Å². The number of nitrogens with two attached hydrogens (primary N) is 1. The van der Waals surface area contributed by atoms with Crippen LogP contribution in [0.5, 0.6) is 0 Å². The Kier molecular flexibility index (Phi) is 11.0. The number of likely N-dealkylation sites (N-methyl/N-ethyl adjacent to an activating group) is 1. The number of anilines is 1. The van der Waals surface area contributed by atoms with Crippen LogP contribution in [0, 0.1) is 5.82 Å². The number of aldehydes is 1. The van der Waals surface area contributed by atoms with Gasteiger partial charge in [0.25, 0.3) is 0 Å².